The lowest BCUT2D eigenvalue weighted by Gasteiger charge is -2.05. The Hall–Kier alpha value is -2.61. The van der Waals surface area contributed by atoms with Gasteiger partial charge in [-0.3, -0.25) is 9.42 Å². The van der Waals surface area contributed by atoms with Crippen LogP contribution in [-0.4, -0.2) is 30.2 Å². The molecule has 0 saturated heterocycles. The Kier molecular flexibility index (Phi) is 4.95. The number of rotatable bonds is 5. The molecule has 0 spiro atoms. The number of esters is 1. The minimum atomic E-state index is -0.798. The molecule has 0 fully saturated rings. The van der Waals surface area contributed by atoms with Crippen molar-refractivity contribution in [2.75, 3.05) is 13.2 Å². The molecule has 1 amide bonds. The molecule has 0 bridgehead atoms. The molecule has 0 aliphatic rings. The topological polar surface area (TPSA) is 108 Å². The van der Waals surface area contributed by atoms with E-state index in [0.29, 0.717) is 10.6 Å². The van der Waals surface area contributed by atoms with Gasteiger partial charge in [-0.05, 0) is 23.1 Å². The molecule has 2 aromatic rings. The van der Waals surface area contributed by atoms with E-state index in [2.05, 4.69) is 15.1 Å². The third kappa shape index (κ3) is 3.73. The molecule has 0 atom stereocenters. The van der Waals surface area contributed by atoms with Crippen molar-refractivity contribution in [1.82, 2.24) is 10.5 Å². The van der Waals surface area contributed by atoms with E-state index in [9.17, 15) is 14.8 Å². The molecule has 1 aromatic carbocycles. The van der Waals surface area contributed by atoms with Gasteiger partial charge in [0.25, 0.3) is 5.91 Å². The fourth-order valence-electron chi connectivity index (χ4n) is 1.59. The minimum absolute atomic E-state index is 0.00737. The zero-order valence-corrected chi connectivity index (χ0v) is 12.3. The van der Waals surface area contributed by atoms with Crippen LogP contribution in [-0.2, 0) is 4.74 Å². The Bertz CT molecular complexity index is 701. The number of carbonyl (C=O) groups excluding carboxylic acids is 2. The number of carbonyl (C=O) groups is 2. The maximum atomic E-state index is 11.8. The van der Waals surface area contributed by atoms with Gasteiger partial charge in [0.2, 0.25) is 5.69 Å². The smallest absolute Gasteiger partial charge is 0.389 e. The third-order valence-corrected chi connectivity index (χ3v) is 2.96. The highest BCUT2D eigenvalue weighted by atomic mass is 35.5. The van der Waals surface area contributed by atoms with Crippen LogP contribution in [0.4, 0.5) is 0 Å². The van der Waals surface area contributed by atoms with Crippen LogP contribution in [0.25, 0.3) is 0 Å². The standard InChI is InChI=1S/C13H12ClN3O5/c1-8-11(16-22-17(8)20)13(19)21-6-5-15-12(18)9-3-2-4-10(14)7-9/h2-4,7H,5-6H2,1H3,(H,15,18). The van der Waals surface area contributed by atoms with Crippen LogP contribution < -0.4 is 10.2 Å². The minimum Gasteiger partial charge on any atom is -0.457 e. The van der Waals surface area contributed by atoms with Gasteiger partial charge in [-0.15, -0.1) is 0 Å². The summed E-state index contributed by atoms with van der Waals surface area (Å²) in [6.45, 7) is 1.41. The second-order valence-corrected chi connectivity index (χ2v) is 4.70. The van der Waals surface area contributed by atoms with E-state index < -0.39 is 5.97 Å². The van der Waals surface area contributed by atoms with Gasteiger partial charge in [0.1, 0.15) is 6.61 Å². The van der Waals surface area contributed by atoms with Crippen LogP contribution in [0.15, 0.2) is 28.9 Å². The first-order valence-electron chi connectivity index (χ1n) is 6.26. The van der Waals surface area contributed by atoms with E-state index in [1.54, 1.807) is 18.2 Å². The molecule has 1 aromatic heterocycles. The molecule has 0 radical (unpaired) electrons. The fourth-order valence-corrected chi connectivity index (χ4v) is 1.78. The normalized spacial score (nSPS) is 10.3. The quantitative estimate of drug-likeness (QED) is 0.496. The van der Waals surface area contributed by atoms with E-state index >= 15 is 0 Å². The van der Waals surface area contributed by atoms with E-state index in [-0.39, 0.29) is 35.3 Å². The van der Waals surface area contributed by atoms with E-state index in [1.165, 1.54) is 13.0 Å². The summed E-state index contributed by atoms with van der Waals surface area (Å²) in [6, 6.07) is 6.44. The van der Waals surface area contributed by atoms with Crippen molar-refractivity contribution in [3.63, 3.8) is 0 Å². The molecular formula is C13H12ClN3O5. The van der Waals surface area contributed by atoms with Gasteiger partial charge < -0.3 is 15.3 Å². The van der Waals surface area contributed by atoms with Gasteiger partial charge >= 0.3 is 11.7 Å². The largest absolute Gasteiger partial charge is 0.457 e. The lowest BCUT2D eigenvalue weighted by molar-refractivity contribution is -0.806. The zero-order valence-electron chi connectivity index (χ0n) is 11.5. The highest BCUT2D eigenvalue weighted by Gasteiger charge is 2.24. The Balaban J connectivity index is 1.79. The van der Waals surface area contributed by atoms with Crippen LogP contribution >= 0.6 is 11.6 Å². The van der Waals surface area contributed by atoms with Crippen LogP contribution in [0.1, 0.15) is 26.5 Å². The predicted octanol–water partition coefficient (Wildman–Crippen LogP) is 0.857. The number of hydrogen-bond donors (Lipinski definition) is 1. The molecule has 2 rings (SSSR count). The molecule has 22 heavy (non-hydrogen) atoms. The van der Waals surface area contributed by atoms with Crippen molar-refractivity contribution in [2.24, 2.45) is 0 Å². The van der Waals surface area contributed by atoms with Crippen molar-refractivity contribution in [1.29, 1.82) is 0 Å². The predicted molar refractivity (Wildman–Crippen MR) is 74.3 cm³/mol. The third-order valence-electron chi connectivity index (χ3n) is 2.72. The Morgan fingerprint density at radius 2 is 2.27 bits per heavy atom. The van der Waals surface area contributed by atoms with Crippen molar-refractivity contribution in [3.05, 3.63) is 51.4 Å². The van der Waals surface area contributed by atoms with Gasteiger partial charge in [0, 0.05) is 17.5 Å². The summed E-state index contributed by atoms with van der Waals surface area (Å²) in [5.74, 6) is -1.14. The summed E-state index contributed by atoms with van der Waals surface area (Å²) in [5, 5.41) is 17.3. The monoisotopic (exact) mass is 325 g/mol. The molecule has 1 heterocycles. The van der Waals surface area contributed by atoms with Gasteiger partial charge in [-0.2, -0.15) is 0 Å². The summed E-state index contributed by atoms with van der Waals surface area (Å²) in [4.78, 5) is 23.5. The number of benzene rings is 1. The second-order valence-electron chi connectivity index (χ2n) is 4.27. The lowest BCUT2D eigenvalue weighted by Crippen LogP contribution is -2.29. The number of amides is 1. The Labute approximate surface area is 130 Å². The molecule has 116 valence electrons. The number of nitrogens with one attached hydrogen (secondary N) is 1. The van der Waals surface area contributed by atoms with Crippen LogP contribution in [0.5, 0.6) is 0 Å². The van der Waals surface area contributed by atoms with Crippen molar-refractivity contribution < 1.29 is 23.9 Å². The van der Waals surface area contributed by atoms with Crippen molar-refractivity contribution >= 4 is 23.5 Å². The molecular weight excluding hydrogens is 314 g/mol. The lowest BCUT2D eigenvalue weighted by atomic mass is 10.2. The highest BCUT2D eigenvalue weighted by molar-refractivity contribution is 6.30. The summed E-state index contributed by atoms with van der Waals surface area (Å²) in [5.41, 5.74) is 0.211. The molecule has 1 N–H and O–H groups in total. The zero-order chi connectivity index (χ0) is 16.1. The maximum absolute atomic E-state index is 11.8. The first-order chi connectivity index (χ1) is 10.5. The SMILES string of the molecule is Cc1c(C(=O)OCCNC(=O)c2cccc(Cl)c2)no[n+]1[O-]. The van der Waals surface area contributed by atoms with Crippen molar-refractivity contribution in [2.45, 2.75) is 6.92 Å². The number of ether oxygens (including phenoxy) is 1. The average molecular weight is 326 g/mol. The fraction of sp³-hybridized carbons (Fsp3) is 0.231. The highest BCUT2D eigenvalue weighted by Crippen LogP contribution is 2.10. The molecule has 0 unspecified atom stereocenters. The van der Waals surface area contributed by atoms with Crippen LogP contribution in [0, 0.1) is 12.1 Å². The number of halogens is 1. The first kappa shape index (κ1) is 15.8. The van der Waals surface area contributed by atoms with E-state index in [4.69, 9.17) is 16.3 Å². The van der Waals surface area contributed by atoms with Gasteiger partial charge in [-0.1, -0.05) is 17.7 Å². The first-order valence-corrected chi connectivity index (χ1v) is 6.64. The summed E-state index contributed by atoms with van der Waals surface area (Å²) in [6.07, 6.45) is 0. The number of aromatic nitrogens is 2. The summed E-state index contributed by atoms with van der Waals surface area (Å²) < 4.78 is 9.14. The number of nitrogens with zero attached hydrogens (tertiary/aromatic N) is 2. The molecule has 0 aliphatic heterocycles. The van der Waals surface area contributed by atoms with Crippen LogP contribution in [0.2, 0.25) is 5.02 Å². The Morgan fingerprint density at radius 3 is 2.91 bits per heavy atom. The molecule has 0 aliphatic carbocycles. The number of hydrogen-bond acceptors (Lipinski definition) is 6. The van der Waals surface area contributed by atoms with Gasteiger partial charge in [0.05, 0.1) is 11.7 Å². The average Bonchev–Trinajstić information content (AvgIpc) is 2.83. The molecule has 0 saturated carbocycles. The van der Waals surface area contributed by atoms with Crippen molar-refractivity contribution in [3.8, 4) is 0 Å². The molecule has 9 heteroatoms. The van der Waals surface area contributed by atoms with Gasteiger partial charge in [0.15, 0.2) is 0 Å². The molecule has 8 nitrogen and oxygen atoms in total. The van der Waals surface area contributed by atoms with Crippen LogP contribution in [0.3, 0.4) is 0 Å². The Morgan fingerprint density at radius 1 is 1.50 bits per heavy atom. The van der Waals surface area contributed by atoms with E-state index in [0.717, 1.165) is 0 Å². The second kappa shape index (κ2) is 6.90. The summed E-state index contributed by atoms with van der Waals surface area (Å²) in [7, 11) is 0. The maximum Gasteiger partial charge on any atom is 0.389 e. The summed E-state index contributed by atoms with van der Waals surface area (Å²) >= 11 is 5.78. The van der Waals surface area contributed by atoms with Gasteiger partial charge in [-0.25, -0.2) is 4.79 Å². The van der Waals surface area contributed by atoms with E-state index in [1.807, 2.05) is 0 Å².